The zero-order chi connectivity index (χ0) is 21.1. The molecule has 0 aliphatic rings. The highest BCUT2D eigenvalue weighted by molar-refractivity contribution is 7.09. The lowest BCUT2D eigenvalue weighted by Gasteiger charge is -2.22. The summed E-state index contributed by atoms with van der Waals surface area (Å²) in [5.41, 5.74) is 0.834. The van der Waals surface area contributed by atoms with Crippen molar-refractivity contribution < 1.29 is 23.8 Å². The molecule has 0 bridgehead atoms. The van der Waals surface area contributed by atoms with Crippen LogP contribution in [0.15, 0.2) is 29.6 Å². The second-order valence-corrected chi connectivity index (χ2v) is 7.36. The number of nitrogens with zero attached hydrogens (tertiary/aromatic N) is 2. The Bertz CT molecular complexity index is 776. The first kappa shape index (κ1) is 22.8. The van der Waals surface area contributed by atoms with Gasteiger partial charge in [-0.2, -0.15) is 0 Å². The number of esters is 1. The summed E-state index contributed by atoms with van der Waals surface area (Å²) in [6, 6.07) is 7.17. The molecule has 0 aliphatic carbocycles. The molecule has 29 heavy (non-hydrogen) atoms. The highest BCUT2D eigenvalue weighted by Gasteiger charge is 2.19. The van der Waals surface area contributed by atoms with Gasteiger partial charge >= 0.3 is 5.97 Å². The summed E-state index contributed by atoms with van der Waals surface area (Å²) in [7, 11) is 2.95. The standard InChI is InChI=1S/C21H28N2O5S/c1-4-5-13-28-17-9-7-16(8-10-17)20(24)23(11-6-12-26-2)14-19-22-18(15-29-19)21(25)27-3/h7-10,15H,4-6,11-14H2,1-3H3. The maximum absolute atomic E-state index is 13.0. The van der Waals surface area contributed by atoms with Crippen molar-refractivity contribution in [2.75, 3.05) is 34.0 Å². The van der Waals surface area contributed by atoms with E-state index in [0.717, 1.165) is 18.6 Å². The van der Waals surface area contributed by atoms with Gasteiger partial charge in [0.05, 0.1) is 20.3 Å². The molecule has 1 aromatic heterocycles. The van der Waals surface area contributed by atoms with Crippen LogP contribution < -0.4 is 4.74 Å². The highest BCUT2D eigenvalue weighted by Crippen LogP contribution is 2.18. The van der Waals surface area contributed by atoms with E-state index in [9.17, 15) is 9.59 Å². The third kappa shape index (κ3) is 7.14. The number of ether oxygens (including phenoxy) is 3. The number of methoxy groups -OCH3 is 2. The molecule has 0 atom stereocenters. The molecule has 0 fully saturated rings. The number of rotatable bonds is 12. The van der Waals surface area contributed by atoms with Crippen LogP contribution in [-0.2, 0) is 16.0 Å². The maximum atomic E-state index is 13.0. The van der Waals surface area contributed by atoms with E-state index in [4.69, 9.17) is 14.2 Å². The maximum Gasteiger partial charge on any atom is 0.357 e. The fourth-order valence-electron chi connectivity index (χ4n) is 2.61. The SMILES string of the molecule is CCCCOc1ccc(C(=O)N(CCCOC)Cc2nc(C(=O)OC)cs2)cc1. The van der Waals surface area contributed by atoms with E-state index in [2.05, 4.69) is 11.9 Å². The van der Waals surface area contributed by atoms with E-state index in [1.165, 1.54) is 18.4 Å². The molecule has 2 rings (SSSR count). The minimum absolute atomic E-state index is 0.101. The number of hydrogen-bond acceptors (Lipinski definition) is 7. The number of unbranched alkanes of at least 4 members (excludes halogenated alkanes) is 1. The average Bonchev–Trinajstić information content (AvgIpc) is 3.21. The first-order valence-electron chi connectivity index (χ1n) is 9.62. The number of hydrogen-bond donors (Lipinski definition) is 0. The molecule has 158 valence electrons. The Kier molecular flexibility index (Phi) is 9.59. The summed E-state index contributed by atoms with van der Waals surface area (Å²) < 4.78 is 15.5. The Labute approximate surface area is 175 Å². The molecular weight excluding hydrogens is 392 g/mol. The van der Waals surface area contributed by atoms with Crippen molar-refractivity contribution in [2.45, 2.75) is 32.7 Å². The highest BCUT2D eigenvalue weighted by atomic mass is 32.1. The van der Waals surface area contributed by atoms with Gasteiger partial charge in [0.15, 0.2) is 5.69 Å². The van der Waals surface area contributed by atoms with Crippen LogP contribution in [0, 0.1) is 0 Å². The quantitative estimate of drug-likeness (QED) is 0.384. The van der Waals surface area contributed by atoms with E-state index in [0.29, 0.717) is 43.3 Å². The van der Waals surface area contributed by atoms with Gasteiger partial charge in [0.1, 0.15) is 10.8 Å². The van der Waals surface area contributed by atoms with Crippen molar-refractivity contribution >= 4 is 23.2 Å². The summed E-state index contributed by atoms with van der Waals surface area (Å²) in [4.78, 5) is 30.7. The molecule has 1 amide bonds. The Morgan fingerprint density at radius 1 is 1.10 bits per heavy atom. The van der Waals surface area contributed by atoms with Gasteiger partial charge in [-0.05, 0) is 37.1 Å². The topological polar surface area (TPSA) is 78.0 Å². The van der Waals surface area contributed by atoms with Crippen LogP contribution in [0.25, 0.3) is 0 Å². The normalized spacial score (nSPS) is 10.6. The van der Waals surface area contributed by atoms with Crippen molar-refractivity contribution in [2.24, 2.45) is 0 Å². The first-order chi connectivity index (χ1) is 14.1. The summed E-state index contributed by atoms with van der Waals surface area (Å²) >= 11 is 1.33. The minimum atomic E-state index is -0.483. The number of thiazole rings is 1. The van der Waals surface area contributed by atoms with Crippen LogP contribution >= 0.6 is 11.3 Å². The molecule has 0 saturated heterocycles. The van der Waals surface area contributed by atoms with Gasteiger partial charge in [-0.1, -0.05) is 13.3 Å². The van der Waals surface area contributed by atoms with Gasteiger partial charge in [0, 0.05) is 31.2 Å². The zero-order valence-corrected chi connectivity index (χ0v) is 18.0. The average molecular weight is 421 g/mol. The second-order valence-electron chi connectivity index (χ2n) is 6.42. The van der Waals surface area contributed by atoms with Crippen LogP contribution in [-0.4, -0.2) is 55.7 Å². The lowest BCUT2D eigenvalue weighted by Crippen LogP contribution is -2.32. The fourth-order valence-corrected chi connectivity index (χ4v) is 3.39. The molecule has 1 heterocycles. The van der Waals surface area contributed by atoms with Crippen LogP contribution in [0.5, 0.6) is 5.75 Å². The van der Waals surface area contributed by atoms with E-state index < -0.39 is 5.97 Å². The van der Waals surface area contributed by atoms with Crippen molar-refractivity contribution in [3.8, 4) is 5.75 Å². The van der Waals surface area contributed by atoms with Gasteiger partial charge in [0.25, 0.3) is 5.91 Å². The lowest BCUT2D eigenvalue weighted by molar-refractivity contribution is 0.0594. The fraction of sp³-hybridized carbons (Fsp3) is 0.476. The molecule has 0 spiro atoms. The Balaban J connectivity index is 2.08. The van der Waals surface area contributed by atoms with Crippen LogP contribution in [0.3, 0.4) is 0 Å². The molecule has 8 heteroatoms. The summed E-state index contributed by atoms with van der Waals surface area (Å²) in [5.74, 6) is 0.169. The summed E-state index contributed by atoms with van der Waals surface area (Å²) in [6.45, 7) is 4.17. The van der Waals surface area contributed by atoms with Crippen molar-refractivity contribution in [1.29, 1.82) is 0 Å². The second kappa shape index (κ2) is 12.2. The van der Waals surface area contributed by atoms with E-state index >= 15 is 0 Å². The van der Waals surface area contributed by atoms with Gasteiger partial charge in [-0.3, -0.25) is 4.79 Å². The van der Waals surface area contributed by atoms with Crippen LogP contribution in [0.1, 0.15) is 52.0 Å². The number of carbonyl (C=O) groups excluding carboxylic acids is 2. The summed E-state index contributed by atoms with van der Waals surface area (Å²) in [6.07, 6.45) is 2.77. The number of amides is 1. The van der Waals surface area contributed by atoms with Crippen LogP contribution in [0.2, 0.25) is 0 Å². The first-order valence-corrected chi connectivity index (χ1v) is 10.5. The molecule has 0 unspecified atom stereocenters. The van der Waals surface area contributed by atoms with Crippen LogP contribution in [0.4, 0.5) is 0 Å². The number of benzene rings is 1. The monoisotopic (exact) mass is 420 g/mol. The molecular formula is C21H28N2O5S. The number of aromatic nitrogens is 1. The molecule has 0 saturated carbocycles. The molecule has 0 radical (unpaired) electrons. The third-order valence-corrected chi connectivity index (χ3v) is 5.04. The van der Waals surface area contributed by atoms with E-state index in [-0.39, 0.29) is 11.6 Å². The summed E-state index contributed by atoms with van der Waals surface area (Å²) in [5, 5.41) is 2.32. The van der Waals surface area contributed by atoms with Gasteiger partial charge < -0.3 is 19.1 Å². The van der Waals surface area contributed by atoms with Gasteiger partial charge in [0.2, 0.25) is 0 Å². The van der Waals surface area contributed by atoms with E-state index in [1.807, 2.05) is 12.1 Å². The van der Waals surface area contributed by atoms with Crippen molar-refractivity contribution in [1.82, 2.24) is 9.88 Å². The predicted molar refractivity (Wildman–Crippen MR) is 112 cm³/mol. The third-order valence-electron chi connectivity index (χ3n) is 4.20. The molecule has 2 aromatic rings. The molecule has 0 N–H and O–H groups in total. The molecule has 7 nitrogen and oxygen atoms in total. The van der Waals surface area contributed by atoms with Crippen molar-refractivity contribution in [3.63, 3.8) is 0 Å². The molecule has 0 aliphatic heterocycles. The van der Waals surface area contributed by atoms with Gasteiger partial charge in [-0.15, -0.1) is 11.3 Å². The largest absolute Gasteiger partial charge is 0.494 e. The smallest absolute Gasteiger partial charge is 0.357 e. The Morgan fingerprint density at radius 2 is 1.86 bits per heavy atom. The Hall–Kier alpha value is -2.45. The lowest BCUT2D eigenvalue weighted by atomic mass is 10.2. The van der Waals surface area contributed by atoms with E-state index in [1.54, 1.807) is 29.5 Å². The number of carbonyl (C=O) groups is 2. The zero-order valence-electron chi connectivity index (χ0n) is 17.2. The minimum Gasteiger partial charge on any atom is -0.494 e. The van der Waals surface area contributed by atoms with Gasteiger partial charge in [-0.25, -0.2) is 9.78 Å². The van der Waals surface area contributed by atoms with Crippen molar-refractivity contribution in [3.05, 3.63) is 45.9 Å². The Morgan fingerprint density at radius 3 is 2.52 bits per heavy atom. The molecule has 1 aromatic carbocycles. The predicted octanol–water partition coefficient (Wildman–Crippen LogP) is 3.79.